The van der Waals surface area contributed by atoms with Gasteiger partial charge in [0.05, 0.1) is 0 Å². The number of rotatable bonds is 7. The Labute approximate surface area is 249 Å². The van der Waals surface area contributed by atoms with Gasteiger partial charge in [0.1, 0.15) is 64.9 Å². The molecular formula is C27H26O18. The van der Waals surface area contributed by atoms with Gasteiger partial charge in [0.15, 0.2) is 29.1 Å². The Morgan fingerprint density at radius 1 is 0.667 bits per heavy atom. The number of aromatic hydroxyl groups is 2. The molecule has 18 heteroatoms. The van der Waals surface area contributed by atoms with Crippen molar-refractivity contribution in [3.63, 3.8) is 0 Å². The number of phenols is 2. The fourth-order valence-corrected chi connectivity index (χ4v) is 4.78. The standard InChI is InChI=1S/C27H26O18/c28-9-3-7(1-2-12(9)43-27-21(36)17(32)19(34)23(45-27)25(39)40)13-6-11(30)15-10(29)4-8(5-14(15)42-13)41-26-20(35)16(31)18(33)22(44-26)24(37)38/h1-6,16-23,26-29,31-36H,(H,37,38)(H,39,40). The molecule has 3 heterocycles. The summed E-state index contributed by atoms with van der Waals surface area (Å²) in [7, 11) is 0. The third-order valence-electron chi connectivity index (χ3n) is 7.15. The second kappa shape index (κ2) is 12.1. The van der Waals surface area contributed by atoms with Crippen LogP contribution in [0.3, 0.4) is 0 Å². The summed E-state index contributed by atoms with van der Waals surface area (Å²) in [6.07, 6.45) is -19.2. The summed E-state index contributed by atoms with van der Waals surface area (Å²) in [6, 6.07) is 6.47. The van der Waals surface area contributed by atoms with Gasteiger partial charge in [-0.1, -0.05) is 0 Å². The number of aliphatic hydroxyl groups is 6. The number of benzene rings is 2. The first-order valence-electron chi connectivity index (χ1n) is 13.0. The summed E-state index contributed by atoms with van der Waals surface area (Å²) in [4.78, 5) is 35.6. The number of hydrogen-bond donors (Lipinski definition) is 10. The van der Waals surface area contributed by atoms with E-state index in [4.69, 9.17) is 23.4 Å². The molecule has 2 aromatic carbocycles. The number of aliphatic hydroxyl groups excluding tert-OH is 6. The van der Waals surface area contributed by atoms with Gasteiger partial charge in [-0.3, -0.25) is 4.79 Å². The monoisotopic (exact) mass is 638 g/mol. The molecule has 10 atom stereocenters. The number of carboxylic acids is 2. The smallest absolute Gasteiger partial charge is 0.335 e. The number of aliphatic carboxylic acids is 2. The Morgan fingerprint density at radius 2 is 1.22 bits per heavy atom. The fourth-order valence-electron chi connectivity index (χ4n) is 4.78. The van der Waals surface area contributed by atoms with Crippen molar-refractivity contribution in [2.75, 3.05) is 0 Å². The summed E-state index contributed by atoms with van der Waals surface area (Å²) in [5.41, 5.74) is -0.959. The predicted octanol–water partition coefficient (Wildman–Crippen LogP) is -2.59. The molecule has 2 aliphatic heterocycles. The average Bonchev–Trinajstić information content (AvgIpc) is 2.97. The highest BCUT2D eigenvalue weighted by atomic mass is 16.7. The third kappa shape index (κ3) is 5.95. The van der Waals surface area contributed by atoms with Crippen LogP contribution < -0.4 is 14.9 Å². The fraction of sp³-hybridized carbons (Fsp3) is 0.370. The summed E-state index contributed by atoms with van der Waals surface area (Å²) in [5.74, 6) is -5.38. The van der Waals surface area contributed by atoms with E-state index >= 15 is 0 Å². The molecule has 0 radical (unpaired) electrons. The molecule has 10 N–H and O–H groups in total. The van der Waals surface area contributed by atoms with Crippen molar-refractivity contribution in [2.24, 2.45) is 0 Å². The first kappa shape index (κ1) is 31.9. The Bertz CT molecular complexity index is 1670. The van der Waals surface area contributed by atoms with E-state index in [-0.39, 0.29) is 33.8 Å². The molecule has 0 spiro atoms. The van der Waals surface area contributed by atoms with Crippen LogP contribution in [0.2, 0.25) is 0 Å². The predicted molar refractivity (Wildman–Crippen MR) is 141 cm³/mol. The molecule has 2 aliphatic rings. The molecule has 0 amide bonds. The van der Waals surface area contributed by atoms with Crippen LogP contribution in [0.5, 0.6) is 23.0 Å². The second-order valence-electron chi connectivity index (χ2n) is 10.2. The van der Waals surface area contributed by atoms with Gasteiger partial charge >= 0.3 is 11.9 Å². The van der Waals surface area contributed by atoms with Gasteiger partial charge < -0.3 is 74.4 Å². The van der Waals surface area contributed by atoms with E-state index in [1.54, 1.807) is 0 Å². The van der Waals surface area contributed by atoms with Crippen LogP contribution in [-0.4, -0.2) is 124 Å². The Kier molecular flexibility index (Phi) is 8.58. The normalized spacial score (nSPS) is 31.8. The highest BCUT2D eigenvalue weighted by molar-refractivity contribution is 5.86. The molecule has 242 valence electrons. The van der Waals surface area contributed by atoms with Gasteiger partial charge in [-0.05, 0) is 18.2 Å². The minimum atomic E-state index is -1.97. The molecule has 3 aromatic rings. The van der Waals surface area contributed by atoms with Gasteiger partial charge in [-0.25, -0.2) is 9.59 Å². The molecule has 10 unspecified atom stereocenters. The van der Waals surface area contributed by atoms with Crippen LogP contribution in [0, 0.1) is 0 Å². The van der Waals surface area contributed by atoms with Crippen molar-refractivity contribution in [1.82, 2.24) is 0 Å². The zero-order chi connectivity index (χ0) is 32.9. The Hall–Kier alpha value is -4.53. The molecule has 2 fully saturated rings. The maximum Gasteiger partial charge on any atom is 0.335 e. The molecule has 45 heavy (non-hydrogen) atoms. The van der Waals surface area contributed by atoms with Crippen LogP contribution in [-0.2, 0) is 19.1 Å². The van der Waals surface area contributed by atoms with E-state index in [2.05, 4.69) is 0 Å². The largest absolute Gasteiger partial charge is 0.507 e. The van der Waals surface area contributed by atoms with E-state index in [1.807, 2.05) is 0 Å². The van der Waals surface area contributed by atoms with Crippen molar-refractivity contribution in [1.29, 1.82) is 0 Å². The Morgan fingerprint density at radius 3 is 1.76 bits per heavy atom. The van der Waals surface area contributed by atoms with Crippen LogP contribution >= 0.6 is 0 Å². The van der Waals surface area contributed by atoms with E-state index in [1.165, 1.54) is 6.07 Å². The van der Waals surface area contributed by atoms with Crippen LogP contribution in [0.1, 0.15) is 0 Å². The highest BCUT2D eigenvalue weighted by Crippen LogP contribution is 2.37. The van der Waals surface area contributed by atoms with Crippen LogP contribution in [0.25, 0.3) is 22.3 Å². The molecule has 2 saturated heterocycles. The lowest BCUT2D eigenvalue weighted by molar-refractivity contribution is -0.271. The van der Waals surface area contributed by atoms with E-state index in [9.17, 15) is 65.4 Å². The number of phenolic OH excluding ortho intramolecular Hbond substituents is 2. The minimum absolute atomic E-state index is 0.0705. The van der Waals surface area contributed by atoms with Crippen LogP contribution in [0.15, 0.2) is 45.6 Å². The molecule has 1 aromatic heterocycles. The zero-order valence-corrected chi connectivity index (χ0v) is 22.5. The lowest BCUT2D eigenvalue weighted by Crippen LogP contribution is -2.61. The van der Waals surface area contributed by atoms with Gasteiger partial charge in [-0.2, -0.15) is 0 Å². The molecule has 0 aliphatic carbocycles. The topological polar surface area (TPSA) is 304 Å². The SMILES string of the molecule is O=C(O)C1OC(Oc2cc(O)c3c(=O)cc(-c4ccc(OC5OC(C(=O)O)C(O)C(O)C5O)c(O)c4)oc3c2)C(O)C(O)C1O. The van der Waals surface area contributed by atoms with Crippen molar-refractivity contribution < 1.29 is 84.0 Å². The number of ether oxygens (including phenoxy) is 4. The summed E-state index contributed by atoms with van der Waals surface area (Å²) >= 11 is 0. The molecule has 0 saturated carbocycles. The van der Waals surface area contributed by atoms with Crippen molar-refractivity contribution in [3.05, 3.63) is 46.6 Å². The van der Waals surface area contributed by atoms with E-state index < -0.39 is 90.3 Å². The van der Waals surface area contributed by atoms with Crippen molar-refractivity contribution in [3.8, 4) is 34.3 Å². The number of carboxylic acid groups (broad SMARTS) is 2. The quantitative estimate of drug-likeness (QED) is 0.127. The number of hydrogen-bond acceptors (Lipinski definition) is 16. The summed E-state index contributed by atoms with van der Waals surface area (Å²) in [5, 5.41) is 99.2. The van der Waals surface area contributed by atoms with Gasteiger partial charge in [0.25, 0.3) is 0 Å². The first-order valence-corrected chi connectivity index (χ1v) is 13.0. The highest BCUT2D eigenvalue weighted by Gasteiger charge is 2.49. The molecule has 18 nitrogen and oxygen atoms in total. The summed E-state index contributed by atoms with van der Waals surface area (Å²) in [6.45, 7) is 0. The van der Waals surface area contributed by atoms with E-state index in [0.29, 0.717) is 0 Å². The Balaban J connectivity index is 1.41. The number of carbonyl (C=O) groups is 2. The molecular weight excluding hydrogens is 612 g/mol. The number of fused-ring (bicyclic) bond motifs is 1. The van der Waals surface area contributed by atoms with Crippen molar-refractivity contribution in [2.45, 2.75) is 61.4 Å². The van der Waals surface area contributed by atoms with Gasteiger partial charge in [0.2, 0.25) is 12.6 Å². The maximum absolute atomic E-state index is 12.9. The van der Waals surface area contributed by atoms with E-state index in [0.717, 1.165) is 30.3 Å². The van der Waals surface area contributed by atoms with Crippen molar-refractivity contribution >= 4 is 22.9 Å². The second-order valence-corrected chi connectivity index (χ2v) is 10.2. The lowest BCUT2D eigenvalue weighted by Gasteiger charge is -2.38. The lowest BCUT2D eigenvalue weighted by atomic mass is 9.99. The van der Waals surface area contributed by atoms with Crippen LogP contribution in [0.4, 0.5) is 0 Å². The minimum Gasteiger partial charge on any atom is -0.507 e. The molecule has 0 bridgehead atoms. The van der Waals surface area contributed by atoms with Gasteiger partial charge in [-0.15, -0.1) is 0 Å². The van der Waals surface area contributed by atoms with Gasteiger partial charge in [0, 0.05) is 23.8 Å². The average molecular weight is 638 g/mol. The third-order valence-corrected chi connectivity index (χ3v) is 7.15. The zero-order valence-electron chi connectivity index (χ0n) is 22.5. The first-order chi connectivity index (χ1) is 21.2. The summed E-state index contributed by atoms with van der Waals surface area (Å²) < 4.78 is 26.5. The molecule has 5 rings (SSSR count). The maximum atomic E-state index is 12.9.